The average molecular weight is 268 g/mol. The monoisotopic (exact) mass is 268 g/mol. The van der Waals surface area contributed by atoms with Crippen LogP contribution in [0.15, 0.2) is 0 Å². The van der Waals surface area contributed by atoms with Gasteiger partial charge in [0.05, 0.1) is 0 Å². The van der Waals surface area contributed by atoms with Gasteiger partial charge in [-0.15, -0.1) is 0 Å². The molecule has 0 aromatic rings. The first-order valence-electron chi connectivity index (χ1n) is 5.95. The SMILES string of the molecule is O=C([O-])C1C2CC3CC(C2)CC1(C(=O)[O-])C3.[Na+].[Na+]. The van der Waals surface area contributed by atoms with Gasteiger partial charge in [-0.3, -0.25) is 0 Å². The Morgan fingerprint density at radius 1 is 0.944 bits per heavy atom. The van der Waals surface area contributed by atoms with E-state index < -0.39 is 23.3 Å². The molecule has 0 heterocycles. The minimum Gasteiger partial charge on any atom is -0.550 e. The summed E-state index contributed by atoms with van der Waals surface area (Å²) in [7, 11) is 0. The molecule has 0 aromatic heterocycles. The molecule has 3 unspecified atom stereocenters. The van der Waals surface area contributed by atoms with Crippen LogP contribution >= 0.6 is 0 Å². The Balaban J connectivity index is 0.000000810. The standard InChI is InChI=1S/C12H16O4.2Na/c13-10(14)9-8-2-6-1-7(3-8)5-12(9,4-6)11(15)16;;/h6-9H,1-5H2,(H,13,14)(H,15,16);;/q;2*+1/p-2. The van der Waals surface area contributed by atoms with Gasteiger partial charge in [0, 0.05) is 23.3 Å². The molecule has 0 amide bonds. The van der Waals surface area contributed by atoms with Crippen LogP contribution in [-0.2, 0) is 9.59 Å². The predicted octanol–water partition coefficient (Wildman–Crippen LogP) is -7.06. The maximum atomic E-state index is 11.4. The molecule has 4 aliphatic rings. The molecule has 4 nitrogen and oxygen atoms in total. The molecule has 4 fully saturated rings. The van der Waals surface area contributed by atoms with Crippen LogP contribution in [0.1, 0.15) is 32.1 Å². The second-order valence-corrected chi connectivity index (χ2v) is 5.85. The first-order valence-corrected chi connectivity index (χ1v) is 5.95. The second-order valence-electron chi connectivity index (χ2n) is 5.85. The second kappa shape index (κ2) is 5.74. The Bertz CT molecular complexity index is 357. The summed E-state index contributed by atoms with van der Waals surface area (Å²) in [6.45, 7) is 0. The third-order valence-corrected chi connectivity index (χ3v) is 4.97. The Hall–Kier alpha value is 0.940. The maximum absolute atomic E-state index is 11.4. The molecule has 0 N–H and O–H groups in total. The maximum Gasteiger partial charge on any atom is 1.00 e. The van der Waals surface area contributed by atoms with Gasteiger partial charge in [0.1, 0.15) is 0 Å². The van der Waals surface area contributed by atoms with Gasteiger partial charge in [-0.1, -0.05) is 0 Å². The van der Waals surface area contributed by atoms with E-state index in [0.717, 1.165) is 19.3 Å². The molecule has 0 spiro atoms. The van der Waals surface area contributed by atoms with Crippen LogP contribution in [0.2, 0.25) is 0 Å². The summed E-state index contributed by atoms with van der Waals surface area (Å²) in [4.78, 5) is 22.6. The fourth-order valence-electron chi connectivity index (χ4n) is 4.75. The molecule has 0 aliphatic heterocycles. The molecule has 4 rings (SSSR count). The third kappa shape index (κ3) is 2.33. The summed E-state index contributed by atoms with van der Waals surface area (Å²) in [5.41, 5.74) is -1.12. The molecule has 4 aliphatic carbocycles. The van der Waals surface area contributed by atoms with Gasteiger partial charge >= 0.3 is 59.1 Å². The average Bonchev–Trinajstić information content (AvgIpc) is 2.14. The number of carboxylic acids is 2. The zero-order chi connectivity index (χ0) is 11.5. The van der Waals surface area contributed by atoms with Crippen molar-refractivity contribution in [2.24, 2.45) is 29.1 Å². The van der Waals surface area contributed by atoms with Crippen LogP contribution in [-0.4, -0.2) is 11.9 Å². The van der Waals surface area contributed by atoms with Gasteiger partial charge in [0.25, 0.3) is 0 Å². The van der Waals surface area contributed by atoms with E-state index >= 15 is 0 Å². The minimum absolute atomic E-state index is 0. The fourth-order valence-corrected chi connectivity index (χ4v) is 4.75. The predicted molar refractivity (Wildman–Crippen MR) is 49.5 cm³/mol. The number of carbonyl (C=O) groups is 2. The van der Waals surface area contributed by atoms with Crippen molar-refractivity contribution in [3.63, 3.8) is 0 Å². The Morgan fingerprint density at radius 2 is 1.44 bits per heavy atom. The molecular weight excluding hydrogens is 254 g/mol. The number of carboxylic acid groups (broad SMARTS) is 2. The molecule has 0 aromatic carbocycles. The van der Waals surface area contributed by atoms with E-state index in [1.165, 1.54) is 0 Å². The molecule has 4 bridgehead atoms. The smallest absolute Gasteiger partial charge is 0.550 e. The van der Waals surface area contributed by atoms with E-state index in [-0.39, 0.29) is 65.0 Å². The molecule has 0 saturated heterocycles. The summed E-state index contributed by atoms with van der Waals surface area (Å²) in [5, 5.41) is 22.6. The van der Waals surface area contributed by atoms with Gasteiger partial charge in [-0.2, -0.15) is 0 Å². The van der Waals surface area contributed by atoms with Crippen molar-refractivity contribution < 1.29 is 78.9 Å². The molecule has 88 valence electrons. The van der Waals surface area contributed by atoms with E-state index in [2.05, 4.69) is 0 Å². The number of carbonyl (C=O) groups excluding carboxylic acids is 2. The van der Waals surface area contributed by atoms with E-state index in [9.17, 15) is 19.8 Å². The van der Waals surface area contributed by atoms with E-state index in [0.29, 0.717) is 24.7 Å². The van der Waals surface area contributed by atoms with Crippen molar-refractivity contribution in [2.75, 3.05) is 0 Å². The summed E-state index contributed by atoms with van der Waals surface area (Å²) < 4.78 is 0. The van der Waals surface area contributed by atoms with Crippen molar-refractivity contribution in [1.82, 2.24) is 0 Å². The fraction of sp³-hybridized carbons (Fsp3) is 0.833. The summed E-state index contributed by atoms with van der Waals surface area (Å²) in [6, 6.07) is 0. The van der Waals surface area contributed by atoms with Crippen LogP contribution in [0, 0.1) is 29.1 Å². The van der Waals surface area contributed by atoms with Gasteiger partial charge < -0.3 is 19.8 Å². The van der Waals surface area contributed by atoms with E-state index in [4.69, 9.17) is 0 Å². The van der Waals surface area contributed by atoms with E-state index in [1.54, 1.807) is 0 Å². The van der Waals surface area contributed by atoms with Gasteiger partial charge in [-0.05, 0) is 49.9 Å². The Morgan fingerprint density at radius 3 is 1.83 bits per heavy atom. The van der Waals surface area contributed by atoms with Gasteiger partial charge in [-0.25, -0.2) is 0 Å². The van der Waals surface area contributed by atoms with Crippen LogP contribution < -0.4 is 69.3 Å². The van der Waals surface area contributed by atoms with Crippen LogP contribution in [0.4, 0.5) is 0 Å². The summed E-state index contributed by atoms with van der Waals surface area (Å²) in [6.07, 6.45) is 3.78. The van der Waals surface area contributed by atoms with Crippen LogP contribution in [0.5, 0.6) is 0 Å². The molecule has 0 radical (unpaired) electrons. The van der Waals surface area contributed by atoms with Crippen molar-refractivity contribution in [1.29, 1.82) is 0 Å². The number of aliphatic carboxylic acids is 2. The van der Waals surface area contributed by atoms with Crippen molar-refractivity contribution in [3.8, 4) is 0 Å². The molecule has 6 heteroatoms. The zero-order valence-corrected chi connectivity index (χ0v) is 15.0. The first-order chi connectivity index (χ1) is 7.53. The van der Waals surface area contributed by atoms with Crippen molar-refractivity contribution >= 4 is 11.9 Å². The van der Waals surface area contributed by atoms with Crippen LogP contribution in [0.3, 0.4) is 0 Å². The summed E-state index contributed by atoms with van der Waals surface area (Å²) in [5.74, 6) is -2.37. The Kier molecular flexibility index (Phi) is 5.42. The van der Waals surface area contributed by atoms with Crippen molar-refractivity contribution in [2.45, 2.75) is 32.1 Å². The molecular formula is C12H14Na2O4. The molecule has 3 atom stereocenters. The third-order valence-electron chi connectivity index (χ3n) is 4.97. The van der Waals surface area contributed by atoms with E-state index in [1.807, 2.05) is 0 Å². The minimum atomic E-state index is -1.19. The Labute approximate surface area is 150 Å². The van der Waals surface area contributed by atoms with Crippen molar-refractivity contribution in [3.05, 3.63) is 0 Å². The van der Waals surface area contributed by atoms with Gasteiger partial charge in [0.15, 0.2) is 0 Å². The van der Waals surface area contributed by atoms with Gasteiger partial charge in [0.2, 0.25) is 0 Å². The normalized spacial score (nSPS) is 43.8. The summed E-state index contributed by atoms with van der Waals surface area (Å²) >= 11 is 0. The number of rotatable bonds is 2. The number of hydrogen-bond donors (Lipinski definition) is 0. The zero-order valence-electron chi connectivity index (χ0n) is 11.0. The van der Waals surface area contributed by atoms with Crippen LogP contribution in [0.25, 0.3) is 0 Å². The largest absolute Gasteiger partial charge is 1.00 e. The first kappa shape index (κ1) is 17.0. The topological polar surface area (TPSA) is 80.3 Å². The molecule has 4 saturated carbocycles. The quantitative estimate of drug-likeness (QED) is 0.466. The molecule has 18 heavy (non-hydrogen) atoms. The number of hydrogen-bond acceptors (Lipinski definition) is 4.